The van der Waals surface area contributed by atoms with E-state index in [1.807, 2.05) is 19.0 Å². The zero-order chi connectivity index (χ0) is 43.3. The van der Waals surface area contributed by atoms with Crippen LogP contribution in [-0.2, 0) is 32.7 Å². The second-order valence-electron chi connectivity index (χ2n) is 16.6. The van der Waals surface area contributed by atoms with Gasteiger partial charge < -0.3 is 19.3 Å². The number of unbranched alkanes of at least 4 members (excludes halogenated alkanes) is 25. The summed E-state index contributed by atoms with van der Waals surface area (Å²) in [7, 11) is -0.716. The van der Waals surface area contributed by atoms with Crippen molar-refractivity contribution in [2.45, 2.75) is 225 Å². The van der Waals surface area contributed by atoms with Gasteiger partial charge in [-0.15, -0.1) is 0 Å². The Labute approximate surface area is 363 Å². The van der Waals surface area contributed by atoms with E-state index in [1.165, 1.54) is 128 Å². The second-order valence-corrected chi connectivity index (χ2v) is 18.1. The van der Waals surface area contributed by atoms with Crippen LogP contribution in [-0.4, -0.2) is 68.3 Å². The van der Waals surface area contributed by atoms with E-state index in [1.54, 1.807) is 0 Å². The number of hydrogen-bond acceptors (Lipinski definition) is 8. The Bertz CT molecular complexity index is 1080. The molecule has 0 aliphatic heterocycles. The van der Waals surface area contributed by atoms with Crippen LogP contribution in [0.4, 0.5) is 0 Å². The first-order valence-electron chi connectivity index (χ1n) is 24.3. The number of likely N-dealkylation sites (N-methyl/N-ethyl adjacent to an activating group) is 1. The minimum Gasteiger partial charge on any atom is -0.462 e. The maximum Gasteiger partial charge on any atom is 0.472 e. The van der Waals surface area contributed by atoms with Crippen LogP contribution >= 0.6 is 7.82 Å². The number of rotatable bonds is 45. The lowest BCUT2D eigenvalue weighted by molar-refractivity contribution is -0.161. The van der Waals surface area contributed by atoms with Gasteiger partial charge in [-0.05, 0) is 84.7 Å². The summed E-state index contributed by atoms with van der Waals surface area (Å²) in [6, 6.07) is 0. The number of phosphoric acid groups is 1. The van der Waals surface area contributed by atoms with Crippen LogP contribution < -0.4 is 0 Å². The quantitative estimate of drug-likeness (QED) is 0.0277. The number of carbonyl (C=O) groups excluding carboxylic acids is 2. The minimum atomic E-state index is -4.37. The summed E-state index contributed by atoms with van der Waals surface area (Å²) < 4.78 is 33.5. The molecule has 0 aliphatic rings. The Morgan fingerprint density at radius 1 is 0.525 bits per heavy atom. The first-order valence-corrected chi connectivity index (χ1v) is 25.8. The maximum absolute atomic E-state index is 12.7. The predicted molar refractivity (Wildman–Crippen MR) is 248 cm³/mol. The average molecular weight is 854 g/mol. The summed E-state index contributed by atoms with van der Waals surface area (Å²) in [5, 5.41) is 0. The lowest BCUT2D eigenvalue weighted by Crippen LogP contribution is -2.29. The fourth-order valence-corrected chi connectivity index (χ4v) is 7.40. The molecule has 9 nitrogen and oxygen atoms in total. The van der Waals surface area contributed by atoms with Crippen molar-refractivity contribution in [3.05, 3.63) is 36.5 Å². The predicted octanol–water partition coefficient (Wildman–Crippen LogP) is 14.3. The summed E-state index contributed by atoms with van der Waals surface area (Å²) in [5.41, 5.74) is 0. The highest BCUT2D eigenvalue weighted by Crippen LogP contribution is 2.43. The van der Waals surface area contributed by atoms with Gasteiger partial charge in [-0.3, -0.25) is 18.6 Å². The summed E-state index contributed by atoms with van der Waals surface area (Å²) >= 11 is 0. The third-order valence-electron chi connectivity index (χ3n) is 10.4. The number of phosphoric ester groups is 1. The average Bonchev–Trinajstić information content (AvgIpc) is 3.20. The van der Waals surface area contributed by atoms with Gasteiger partial charge in [0.05, 0.1) is 13.2 Å². The van der Waals surface area contributed by atoms with Gasteiger partial charge in [0.15, 0.2) is 6.10 Å². The second kappa shape index (κ2) is 44.3. The largest absolute Gasteiger partial charge is 0.472 e. The normalized spacial score (nSPS) is 13.6. The molecule has 0 fully saturated rings. The van der Waals surface area contributed by atoms with E-state index in [9.17, 15) is 19.0 Å². The molecule has 0 amide bonds. The van der Waals surface area contributed by atoms with E-state index in [-0.39, 0.29) is 32.0 Å². The number of carbonyl (C=O) groups is 2. The van der Waals surface area contributed by atoms with E-state index in [4.69, 9.17) is 18.5 Å². The van der Waals surface area contributed by atoms with Crippen LogP contribution in [0.5, 0.6) is 0 Å². The van der Waals surface area contributed by atoms with E-state index in [2.05, 4.69) is 50.3 Å². The van der Waals surface area contributed by atoms with Gasteiger partial charge in [-0.2, -0.15) is 0 Å². The Balaban J connectivity index is 4.21. The van der Waals surface area contributed by atoms with Crippen LogP contribution in [0.2, 0.25) is 0 Å². The highest BCUT2D eigenvalue weighted by atomic mass is 31.2. The third-order valence-corrected chi connectivity index (χ3v) is 11.4. The molecule has 0 aromatic rings. The van der Waals surface area contributed by atoms with E-state index in [0.717, 1.165) is 57.8 Å². The molecule has 0 saturated heterocycles. The van der Waals surface area contributed by atoms with Crippen molar-refractivity contribution >= 4 is 19.8 Å². The Morgan fingerprint density at radius 3 is 1.39 bits per heavy atom. The summed E-state index contributed by atoms with van der Waals surface area (Å²) in [4.78, 5) is 37.1. The zero-order valence-corrected chi connectivity index (χ0v) is 39.6. The standard InChI is InChI=1S/C49H92NO8P/c1-5-7-9-11-13-15-17-19-21-22-23-24-25-26-28-30-32-34-36-38-40-42-49(52)58-47(46-57-59(53,54)56-44-43-50(3)4)45-55-48(51)41-39-37-35-33-31-29-27-20-18-16-14-12-10-8-6-2/h14,16,19-21,27,47H,5-13,15,17-18,22-26,28-46H2,1-4H3,(H,53,54)/b16-14-,21-19-,27-20-. The van der Waals surface area contributed by atoms with E-state index >= 15 is 0 Å². The molecule has 0 aliphatic carbocycles. The molecule has 2 unspecified atom stereocenters. The number of nitrogens with zero attached hydrogens (tertiary/aromatic N) is 1. The van der Waals surface area contributed by atoms with Gasteiger partial charge in [0.1, 0.15) is 6.61 Å². The van der Waals surface area contributed by atoms with Crippen molar-refractivity contribution in [2.75, 3.05) is 40.5 Å². The number of ether oxygens (including phenoxy) is 2. The van der Waals surface area contributed by atoms with Gasteiger partial charge in [0.2, 0.25) is 0 Å². The molecule has 0 bridgehead atoms. The monoisotopic (exact) mass is 854 g/mol. The molecule has 0 saturated carbocycles. The van der Waals surface area contributed by atoms with Crippen LogP contribution in [0.15, 0.2) is 36.5 Å². The van der Waals surface area contributed by atoms with Crippen LogP contribution in [0.3, 0.4) is 0 Å². The van der Waals surface area contributed by atoms with Gasteiger partial charge in [-0.1, -0.05) is 172 Å². The van der Waals surface area contributed by atoms with Gasteiger partial charge >= 0.3 is 19.8 Å². The first kappa shape index (κ1) is 57.2. The Kier molecular flexibility index (Phi) is 43.0. The summed E-state index contributed by atoms with van der Waals surface area (Å²) in [5.74, 6) is -0.814. The lowest BCUT2D eigenvalue weighted by atomic mass is 10.0. The SMILES string of the molecule is CCCCC/C=C\C/C=C\CCCCCCCC(=O)OCC(COP(=O)(O)OCCN(C)C)OC(=O)CCCCCCCCCCCCC/C=C\CCCCCCCC. The maximum atomic E-state index is 12.7. The van der Waals surface area contributed by atoms with Crippen LogP contribution in [0.25, 0.3) is 0 Å². The molecule has 0 heterocycles. The molecule has 1 N–H and O–H groups in total. The van der Waals surface area contributed by atoms with E-state index in [0.29, 0.717) is 13.0 Å². The molecule has 0 aromatic carbocycles. The third kappa shape index (κ3) is 45.6. The Hall–Kier alpha value is -1.77. The highest BCUT2D eigenvalue weighted by Gasteiger charge is 2.26. The van der Waals surface area contributed by atoms with Crippen LogP contribution in [0.1, 0.15) is 219 Å². The highest BCUT2D eigenvalue weighted by molar-refractivity contribution is 7.47. The van der Waals surface area contributed by atoms with Crippen LogP contribution in [0, 0.1) is 0 Å². The van der Waals surface area contributed by atoms with Crippen molar-refractivity contribution in [1.29, 1.82) is 0 Å². The van der Waals surface area contributed by atoms with Crippen molar-refractivity contribution < 1.29 is 37.6 Å². The fourth-order valence-electron chi connectivity index (χ4n) is 6.65. The topological polar surface area (TPSA) is 112 Å². The molecule has 0 aromatic heterocycles. The molecule has 0 radical (unpaired) electrons. The fraction of sp³-hybridized carbons (Fsp3) is 0.837. The van der Waals surface area contributed by atoms with Gasteiger partial charge in [-0.25, -0.2) is 4.57 Å². The minimum absolute atomic E-state index is 0.00521. The molecule has 10 heteroatoms. The van der Waals surface area contributed by atoms with Crippen molar-refractivity contribution in [3.8, 4) is 0 Å². The van der Waals surface area contributed by atoms with Crippen molar-refractivity contribution in [3.63, 3.8) is 0 Å². The molecule has 59 heavy (non-hydrogen) atoms. The zero-order valence-electron chi connectivity index (χ0n) is 38.7. The van der Waals surface area contributed by atoms with E-state index < -0.39 is 26.5 Å². The van der Waals surface area contributed by atoms with Gasteiger partial charge in [0.25, 0.3) is 0 Å². The molecular weight excluding hydrogens is 762 g/mol. The number of allylic oxidation sites excluding steroid dienone is 6. The summed E-state index contributed by atoms with van der Waals surface area (Å²) in [6.07, 6.45) is 49.0. The van der Waals surface area contributed by atoms with Crippen molar-refractivity contribution in [1.82, 2.24) is 4.90 Å². The molecular formula is C49H92NO8P. The summed E-state index contributed by atoms with van der Waals surface area (Å²) in [6.45, 7) is 4.30. The lowest BCUT2D eigenvalue weighted by Gasteiger charge is -2.20. The Morgan fingerprint density at radius 2 is 0.915 bits per heavy atom. The number of esters is 2. The van der Waals surface area contributed by atoms with Crippen molar-refractivity contribution in [2.24, 2.45) is 0 Å². The molecule has 0 spiro atoms. The number of hydrogen-bond donors (Lipinski definition) is 1. The molecule has 2 atom stereocenters. The molecule has 346 valence electrons. The molecule has 0 rings (SSSR count). The van der Waals surface area contributed by atoms with Gasteiger partial charge in [0, 0.05) is 19.4 Å². The smallest absolute Gasteiger partial charge is 0.462 e. The first-order chi connectivity index (χ1) is 28.7.